The van der Waals surface area contributed by atoms with Crippen LogP contribution in [-0.4, -0.2) is 12.5 Å². The lowest BCUT2D eigenvalue weighted by molar-refractivity contribution is -0.123. The van der Waals surface area contributed by atoms with Gasteiger partial charge in [0.1, 0.15) is 5.75 Å². The number of nitrogens with one attached hydrogen (secondary N) is 1. The first kappa shape index (κ1) is 14.4. The third-order valence-electron chi connectivity index (χ3n) is 2.78. The number of hydrogen-bond donors (Lipinski definition) is 1. The van der Waals surface area contributed by atoms with E-state index in [1.165, 1.54) is 0 Å². The zero-order valence-electron chi connectivity index (χ0n) is 11.2. The smallest absolute Gasteiger partial charge is 0.258 e. The molecular weight excluding hydrogens is 274 g/mol. The van der Waals surface area contributed by atoms with Gasteiger partial charge in [-0.05, 0) is 30.2 Å². The maximum Gasteiger partial charge on any atom is 0.258 e. The van der Waals surface area contributed by atoms with Crippen molar-refractivity contribution in [3.05, 3.63) is 64.7 Å². The Labute approximate surface area is 123 Å². The van der Waals surface area contributed by atoms with Crippen LogP contribution in [0.25, 0.3) is 0 Å². The molecular formula is C16H16ClNO2. The molecule has 0 bridgehead atoms. The molecule has 1 amide bonds. The van der Waals surface area contributed by atoms with Crippen LogP contribution in [0.15, 0.2) is 48.5 Å². The lowest BCUT2D eigenvalue weighted by Crippen LogP contribution is -2.28. The molecule has 0 radical (unpaired) electrons. The van der Waals surface area contributed by atoms with Crippen molar-refractivity contribution in [1.29, 1.82) is 0 Å². The molecule has 2 aromatic carbocycles. The highest BCUT2D eigenvalue weighted by molar-refractivity contribution is 6.32. The maximum atomic E-state index is 11.7. The van der Waals surface area contributed by atoms with Crippen molar-refractivity contribution in [3.63, 3.8) is 0 Å². The maximum absolute atomic E-state index is 11.7. The number of hydrogen-bond acceptors (Lipinski definition) is 2. The highest BCUT2D eigenvalue weighted by Crippen LogP contribution is 2.24. The van der Waals surface area contributed by atoms with Gasteiger partial charge >= 0.3 is 0 Å². The largest absolute Gasteiger partial charge is 0.482 e. The molecule has 0 atom stereocenters. The minimum absolute atomic E-state index is 0.0460. The van der Waals surface area contributed by atoms with Gasteiger partial charge in [0.15, 0.2) is 6.61 Å². The van der Waals surface area contributed by atoms with E-state index in [4.69, 9.17) is 16.3 Å². The van der Waals surface area contributed by atoms with Gasteiger partial charge in [0, 0.05) is 6.54 Å². The summed E-state index contributed by atoms with van der Waals surface area (Å²) >= 11 is 6.03. The van der Waals surface area contributed by atoms with Crippen molar-refractivity contribution >= 4 is 17.5 Å². The minimum Gasteiger partial charge on any atom is -0.482 e. The molecule has 2 aromatic rings. The molecule has 0 aliphatic carbocycles. The second-order valence-corrected chi connectivity index (χ2v) is 4.89. The fourth-order valence-corrected chi connectivity index (χ4v) is 2.00. The molecule has 3 nitrogen and oxygen atoms in total. The Morgan fingerprint density at radius 1 is 1.20 bits per heavy atom. The van der Waals surface area contributed by atoms with E-state index in [-0.39, 0.29) is 12.5 Å². The number of halogens is 1. The van der Waals surface area contributed by atoms with Crippen LogP contribution in [0.5, 0.6) is 5.75 Å². The summed E-state index contributed by atoms with van der Waals surface area (Å²) in [4.78, 5) is 11.7. The minimum atomic E-state index is -0.175. The van der Waals surface area contributed by atoms with E-state index < -0.39 is 0 Å². The van der Waals surface area contributed by atoms with Gasteiger partial charge in [0.05, 0.1) is 5.02 Å². The molecule has 0 saturated carbocycles. The van der Waals surface area contributed by atoms with E-state index >= 15 is 0 Å². The number of ether oxygens (including phenoxy) is 1. The van der Waals surface area contributed by atoms with Gasteiger partial charge in [-0.15, -0.1) is 0 Å². The van der Waals surface area contributed by atoms with E-state index in [0.29, 0.717) is 17.3 Å². The zero-order valence-corrected chi connectivity index (χ0v) is 12.0. The van der Waals surface area contributed by atoms with Gasteiger partial charge < -0.3 is 10.1 Å². The lowest BCUT2D eigenvalue weighted by Gasteiger charge is -2.09. The molecule has 4 heteroatoms. The second-order valence-electron chi connectivity index (χ2n) is 4.48. The predicted octanol–water partition coefficient (Wildman–Crippen LogP) is 3.34. The third kappa shape index (κ3) is 4.28. The SMILES string of the molecule is Cc1ccc(OCC(=O)NCc2ccccc2)c(Cl)c1. The van der Waals surface area contributed by atoms with Gasteiger partial charge in [-0.1, -0.05) is 48.0 Å². The summed E-state index contributed by atoms with van der Waals surface area (Å²) in [6.45, 7) is 2.39. The average molecular weight is 290 g/mol. The number of carbonyl (C=O) groups excluding carboxylic acids is 1. The lowest BCUT2D eigenvalue weighted by atomic mass is 10.2. The predicted molar refractivity (Wildman–Crippen MR) is 80.0 cm³/mol. The third-order valence-corrected chi connectivity index (χ3v) is 3.07. The molecule has 20 heavy (non-hydrogen) atoms. The summed E-state index contributed by atoms with van der Waals surface area (Å²) in [7, 11) is 0. The van der Waals surface area contributed by atoms with Gasteiger partial charge in [0.2, 0.25) is 0 Å². The molecule has 0 unspecified atom stereocenters. The van der Waals surface area contributed by atoms with Crippen LogP contribution < -0.4 is 10.1 Å². The molecule has 2 rings (SSSR count). The fourth-order valence-electron chi connectivity index (χ4n) is 1.71. The van der Waals surface area contributed by atoms with Crippen LogP contribution >= 0.6 is 11.6 Å². The van der Waals surface area contributed by atoms with Crippen molar-refractivity contribution in [2.24, 2.45) is 0 Å². The normalized spacial score (nSPS) is 10.1. The summed E-state index contributed by atoms with van der Waals surface area (Å²) in [5.41, 5.74) is 2.10. The summed E-state index contributed by atoms with van der Waals surface area (Å²) in [5.74, 6) is 0.345. The van der Waals surface area contributed by atoms with Crippen LogP contribution in [0.4, 0.5) is 0 Å². The number of aryl methyl sites for hydroxylation is 1. The van der Waals surface area contributed by atoms with Crippen molar-refractivity contribution in [1.82, 2.24) is 5.32 Å². The van der Waals surface area contributed by atoms with E-state index in [1.54, 1.807) is 12.1 Å². The zero-order chi connectivity index (χ0) is 14.4. The van der Waals surface area contributed by atoms with E-state index in [0.717, 1.165) is 11.1 Å². The molecule has 0 heterocycles. The van der Waals surface area contributed by atoms with Crippen molar-refractivity contribution in [3.8, 4) is 5.75 Å². The topological polar surface area (TPSA) is 38.3 Å². The van der Waals surface area contributed by atoms with Crippen LogP contribution in [0.3, 0.4) is 0 Å². The number of amides is 1. The number of benzene rings is 2. The van der Waals surface area contributed by atoms with Crippen LogP contribution in [-0.2, 0) is 11.3 Å². The van der Waals surface area contributed by atoms with E-state index in [2.05, 4.69) is 5.32 Å². The summed E-state index contributed by atoms with van der Waals surface area (Å²) in [6.07, 6.45) is 0. The van der Waals surface area contributed by atoms with Gasteiger partial charge in [-0.2, -0.15) is 0 Å². The van der Waals surface area contributed by atoms with Crippen LogP contribution in [0.1, 0.15) is 11.1 Å². The Kier molecular flexibility index (Phi) is 5.02. The number of carbonyl (C=O) groups is 1. The van der Waals surface area contributed by atoms with Crippen LogP contribution in [0.2, 0.25) is 5.02 Å². The second kappa shape index (κ2) is 6.96. The summed E-state index contributed by atoms with van der Waals surface area (Å²) in [6, 6.07) is 15.2. The molecule has 0 aromatic heterocycles. The summed E-state index contributed by atoms with van der Waals surface area (Å²) < 4.78 is 5.40. The highest BCUT2D eigenvalue weighted by Gasteiger charge is 2.05. The molecule has 0 spiro atoms. The Morgan fingerprint density at radius 2 is 1.95 bits per heavy atom. The molecule has 104 valence electrons. The van der Waals surface area contributed by atoms with Gasteiger partial charge in [-0.25, -0.2) is 0 Å². The molecule has 0 fully saturated rings. The Balaban J connectivity index is 1.80. The Morgan fingerprint density at radius 3 is 2.65 bits per heavy atom. The molecule has 0 aliphatic heterocycles. The van der Waals surface area contributed by atoms with E-state index in [1.807, 2.05) is 43.3 Å². The first-order valence-electron chi connectivity index (χ1n) is 6.35. The van der Waals surface area contributed by atoms with Gasteiger partial charge in [0.25, 0.3) is 5.91 Å². The Hall–Kier alpha value is -2.00. The summed E-state index contributed by atoms with van der Waals surface area (Å²) in [5, 5.41) is 3.31. The molecule has 0 aliphatic rings. The van der Waals surface area contributed by atoms with E-state index in [9.17, 15) is 4.79 Å². The Bertz CT molecular complexity index is 584. The quantitative estimate of drug-likeness (QED) is 0.917. The van der Waals surface area contributed by atoms with Gasteiger partial charge in [-0.3, -0.25) is 4.79 Å². The van der Waals surface area contributed by atoms with Crippen molar-refractivity contribution < 1.29 is 9.53 Å². The highest BCUT2D eigenvalue weighted by atomic mass is 35.5. The monoisotopic (exact) mass is 289 g/mol. The average Bonchev–Trinajstić information content (AvgIpc) is 2.45. The molecule has 0 saturated heterocycles. The van der Waals surface area contributed by atoms with Crippen LogP contribution in [0, 0.1) is 6.92 Å². The first-order chi connectivity index (χ1) is 9.65. The molecule has 1 N–H and O–H groups in total. The standard InChI is InChI=1S/C16H16ClNO2/c1-12-7-8-15(14(17)9-12)20-11-16(19)18-10-13-5-3-2-4-6-13/h2-9H,10-11H2,1H3,(H,18,19). The fraction of sp³-hybridized carbons (Fsp3) is 0.188. The number of rotatable bonds is 5. The van der Waals surface area contributed by atoms with Crippen molar-refractivity contribution in [2.45, 2.75) is 13.5 Å². The first-order valence-corrected chi connectivity index (χ1v) is 6.72. The van der Waals surface area contributed by atoms with Crippen molar-refractivity contribution in [2.75, 3.05) is 6.61 Å².